The van der Waals surface area contributed by atoms with Crippen molar-refractivity contribution in [2.75, 3.05) is 25.1 Å². The zero-order valence-electron chi connectivity index (χ0n) is 13.4. The normalized spacial score (nSPS) is 10.1. The Kier molecular flexibility index (Phi) is 6.50. The molecule has 1 heterocycles. The lowest BCUT2D eigenvalue weighted by molar-refractivity contribution is -0.115. The average molecular weight is 350 g/mol. The van der Waals surface area contributed by atoms with Crippen LogP contribution in [0.25, 0.3) is 0 Å². The van der Waals surface area contributed by atoms with Crippen molar-refractivity contribution in [3.63, 3.8) is 0 Å². The molecule has 2 aromatic rings. The molecule has 0 aliphatic heterocycles. The van der Waals surface area contributed by atoms with Crippen LogP contribution in [0.1, 0.15) is 24.2 Å². The number of hydrogen-bond donors (Lipinski definition) is 2. The lowest BCUT2D eigenvalue weighted by Gasteiger charge is -2.12. The minimum atomic E-state index is -0.383. The molecule has 2 rings (SSSR count). The number of ether oxygens (including phenoxy) is 2. The van der Waals surface area contributed by atoms with Gasteiger partial charge in [-0.2, -0.15) is 0 Å². The maximum absolute atomic E-state index is 12.2. The maximum atomic E-state index is 12.2. The van der Waals surface area contributed by atoms with E-state index in [1.165, 1.54) is 16.8 Å². The average Bonchev–Trinajstić information content (AvgIpc) is 3.07. The number of anilines is 1. The Hall–Kier alpha value is -2.68. The third kappa shape index (κ3) is 4.92. The summed E-state index contributed by atoms with van der Waals surface area (Å²) in [4.78, 5) is 23.9. The molecular weight excluding hydrogens is 332 g/mol. The van der Waals surface area contributed by atoms with Crippen molar-refractivity contribution in [1.29, 1.82) is 0 Å². The number of nitrogens with zero attached hydrogens (tertiary/aromatic N) is 2. The van der Waals surface area contributed by atoms with Crippen molar-refractivity contribution in [3.8, 4) is 11.5 Å². The minimum Gasteiger partial charge on any atom is -0.490 e. The molecule has 1 aromatic carbocycles. The van der Waals surface area contributed by atoms with Crippen LogP contribution in [0.5, 0.6) is 11.5 Å². The van der Waals surface area contributed by atoms with E-state index in [4.69, 9.17) is 9.47 Å². The number of nitrogens with one attached hydrogen (secondary N) is 2. The van der Waals surface area contributed by atoms with Crippen LogP contribution >= 0.6 is 11.3 Å². The highest BCUT2D eigenvalue weighted by Crippen LogP contribution is 2.28. The van der Waals surface area contributed by atoms with E-state index in [0.717, 1.165) is 0 Å². The smallest absolute Gasteiger partial charge is 0.251 e. The first-order chi connectivity index (χ1) is 11.6. The fourth-order valence-electron chi connectivity index (χ4n) is 1.85. The van der Waals surface area contributed by atoms with Crippen molar-refractivity contribution in [2.24, 2.45) is 0 Å². The number of carbonyl (C=O) groups is 2. The Morgan fingerprint density at radius 2 is 1.92 bits per heavy atom. The van der Waals surface area contributed by atoms with Gasteiger partial charge in [0.25, 0.3) is 5.91 Å². The summed E-state index contributed by atoms with van der Waals surface area (Å²) in [5.41, 5.74) is 1.88. The first kappa shape index (κ1) is 17.7. The second-order valence-electron chi connectivity index (χ2n) is 4.50. The largest absolute Gasteiger partial charge is 0.490 e. The molecule has 8 nitrogen and oxygen atoms in total. The fraction of sp³-hybridized carbons (Fsp3) is 0.333. The third-order valence-corrected chi connectivity index (χ3v) is 3.43. The summed E-state index contributed by atoms with van der Waals surface area (Å²) >= 11 is 1.20. The van der Waals surface area contributed by atoms with Crippen molar-refractivity contribution in [1.82, 2.24) is 15.5 Å². The molecule has 9 heteroatoms. The molecule has 0 saturated heterocycles. The zero-order chi connectivity index (χ0) is 17.4. The summed E-state index contributed by atoms with van der Waals surface area (Å²) in [6, 6.07) is 4.88. The number of hydrogen-bond acceptors (Lipinski definition) is 7. The molecule has 0 unspecified atom stereocenters. The highest BCUT2D eigenvalue weighted by atomic mass is 32.1. The van der Waals surface area contributed by atoms with E-state index in [-0.39, 0.29) is 18.4 Å². The van der Waals surface area contributed by atoms with Crippen LogP contribution in [0.3, 0.4) is 0 Å². The van der Waals surface area contributed by atoms with E-state index < -0.39 is 0 Å². The highest BCUT2D eigenvalue weighted by molar-refractivity contribution is 7.13. The molecule has 0 aliphatic rings. The van der Waals surface area contributed by atoms with Gasteiger partial charge >= 0.3 is 0 Å². The van der Waals surface area contributed by atoms with Crippen molar-refractivity contribution in [3.05, 3.63) is 29.3 Å². The molecule has 2 N–H and O–H groups in total. The van der Waals surface area contributed by atoms with Crippen LogP contribution in [0.2, 0.25) is 0 Å². The van der Waals surface area contributed by atoms with Crippen LogP contribution in [0.15, 0.2) is 23.7 Å². The number of amides is 2. The van der Waals surface area contributed by atoms with Crippen LogP contribution in [-0.4, -0.2) is 41.8 Å². The molecule has 0 radical (unpaired) electrons. The monoisotopic (exact) mass is 350 g/mol. The zero-order valence-corrected chi connectivity index (χ0v) is 14.2. The fourth-order valence-corrected chi connectivity index (χ4v) is 2.31. The highest BCUT2D eigenvalue weighted by Gasteiger charge is 2.13. The van der Waals surface area contributed by atoms with Gasteiger partial charge in [-0.05, 0) is 32.0 Å². The van der Waals surface area contributed by atoms with Gasteiger partial charge in [0.2, 0.25) is 11.0 Å². The first-order valence-electron chi connectivity index (χ1n) is 7.37. The molecule has 0 fully saturated rings. The molecule has 128 valence electrons. The van der Waals surface area contributed by atoms with E-state index >= 15 is 0 Å². The summed E-state index contributed by atoms with van der Waals surface area (Å²) in [6.45, 7) is 4.50. The van der Waals surface area contributed by atoms with Gasteiger partial charge < -0.3 is 14.8 Å². The molecule has 0 aliphatic carbocycles. The second-order valence-corrected chi connectivity index (χ2v) is 5.34. The van der Waals surface area contributed by atoms with Gasteiger partial charge in [-0.15, -0.1) is 10.2 Å². The third-order valence-electron chi connectivity index (χ3n) is 2.82. The summed E-state index contributed by atoms with van der Waals surface area (Å²) in [5, 5.41) is 12.8. The van der Waals surface area contributed by atoms with Gasteiger partial charge in [-0.3, -0.25) is 14.9 Å². The molecule has 24 heavy (non-hydrogen) atoms. The molecule has 1 aromatic heterocycles. The molecule has 0 saturated carbocycles. The lowest BCUT2D eigenvalue weighted by atomic mass is 10.2. The summed E-state index contributed by atoms with van der Waals surface area (Å²) < 4.78 is 10.9. The number of carbonyl (C=O) groups excluding carboxylic acids is 2. The molecule has 0 bridgehead atoms. The Labute approximate surface area is 143 Å². The van der Waals surface area contributed by atoms with E-state index in [2.05, 4.69) is 20.8 Å². The Morgan fingerprint density at radius 3 is 2.58 bits per heavy atom. The van der Waals surface area contributed by atoms with E-state index in [0.29, 0.717) is 35.4 Å². The van der Waals surface area contributed by atoms with Gasteiger partial charge in [0, 0.05) is 5.56 Å². The van der Waals surface area contributed by atoms with Crippen LogP contribution in [0, 0.1) is 0 Å². The Balaban J connectivity index is 1.96. The Bertz CT molecular complexity index is 691. The molecular formula is C15H18N4O4S. The number of benzene rings is 1. The van der Waals surface area contributed by atoms with Gasteiger partial charge in [-0.25, -0.2) is 0 Å². The second kappa shape index (κ2) is 8.82. The standard InChI is InChI=1S/C15H18N4O4S/c1-3-22-11-6-5-10(7-12(11)23-4-2)14(21)16-8-13(20)18-15-19-17-9-24-15/h5-7,9H,3-4,8H2,1-2H3,(H,16,21)(H,18,19,20). The lowest BCUT2D eigenvalue weighted by Crippen LogP contribution is -2.32. The Morgan fingerprint density at radius 1 is 1.17 bits per heavy atom. The summed E-state index contributed by atoms with van der Waals surface area (Å²) in [5.74, 6) is 0.303. The van der Waals surface area contributed by atoms with Crippen LogP contribution < -0.4 is 20.1 Å². The topological polar surface area (TPSA) is 102 Å². The van der Waals surface area contributed by atoms with Gasteiger partial charge in [0.15, 0.2) is 11.5 Å². The molecule has 2 amide bonds. The molecule has 0 atom stereocenters. The molecule has 0 spiro atoms. The maximum Gasteiger partial charge on any atom is 0.251 e. The van der Waals surface area contributed by atoms with E-state index in [1.54, 1.807) is 18.2 Å². The SMILES string of the molecule is CCOc1ccc(C(=O)NCC(=O)Nc2nncs2)cc1OCC. The summed E-state index contributed by atoms with van der Waals surface area (Å²) in [6.07, 6.45) is 0. The number of aromatic nitrogens is 2. The summed E-state index contributed by atoms with van der Waals surface area (Å²) in [7, 11) is 0. The quantitative estimate of drug-likeness (QED) is 0.751. The van der Waals surface area contributed by atoms with Crippen molar-refractivity contribution < 1.29 is 19.1 Å². The first-order valence-corrected chi connectivity index (χ1v) is 8.25. The van der Waals surface area contributed by atoms with Crippen molar-refractivity contribution in [2.45, 2.75) is 13.8 Å². The minimum absolute atomic E-state index is 0.171. The predicted molar refractivity (Wildman–Crippen MR) is 89.7 cm³/mol. The van der Waals surface area contributed by atoms with Crippen LogP contribution in [-0.2, 0) is 4.79 Å². The van der Waals surface area contributed by atoms with Gasteiger partial charge in [-0.1, -0.05) is 11.3 Å². The van der Waals surface area contributed by atoms with E-state index in [9.17, 15) is 9.59 Å². The van der Waals surface area contributed by atoms with Crippen LogP contribution in [0.4, 0.5) is 5.13 Å². The number of rotatable bonds is 8. The van der Waals surface area contributed by atoms with E-state index in [1.807, 2.05) is 13.8 Å². The van der Waals surface area contributed by atoms with Gasteiger partial charge in [0.1, 0.15) is 5.51 Å². The van der Waals surface area contributed by atoms with Crippen molar-refractivity contribution >= 4 is 28.3 Å². The van der Waals surface area contributed by atoms with Gasteiger partial charge in [0.05, 0.1) is 19.8 Å². The predicted octanol–water partition coefficient (Wildman–Crippen LogP) is 1.70.